The molecule has 0 bridgehead atoms. The molecule has 174 valence electrons. The minimum Gasteiger partial charge on any atom is -0.394 e. The molecule has 11 nitrogen and oxygen atoms in total. The third kappa shape index (κ3) is 6.70. The molecule has 0 aliphatic heterocycles. The Labute approximate surface area is 188 Å². The fourth-order valence-electron chi connectivity index (χ4n) is 2.39. The first-order valence-corrected chi connectivity index (χ1v) is 12.1. The second kappa shape index (κ2) is 10.8. The standard InChI is InChI=1S/C17H31IN3O8P/c1-5-16(3,29-30(26,27)17(4,25)6-2)7-8-28-14(12(23)10-22)21-9-11(18)13(19)20-15(21)24/h9,12,14,22-23,25H,5-8,10H2,1-4H3,(H,26,27)(H2,19,20,24)/t12-,14-,16?,17?/m1/s1. The van der Waals surface area contributed by atoms with Crippen LogP contribution in [0.25, 0.3) is 0 Å². The van der Waals surface area contributed by atoms with Crippen molar-refractivity contribution in [3.63, 3.8) is 0 Å². The van der Waals surface area contributed by atoms with Crippen molar-refractivity contribution in [2.24, 2.45) is 0 Å². The van der Waals surface area contributed by atoms with E-state index in [0.717, 1.165) is 4.57 Å². The molecule has 0 radical (unpaired) electrons. The molecule has 1 heterocycles. The van der Waals surface area contributed by atoms with E-state index in [1.807, 2.05) is 22.6 Å². The molecular formula is C17H31IN3O8P. The fraction of sp³-hybridized carbons (Fsp3) is 0.765. The molecule has 1 aromatic heterocycles. The number of aromatic nitrogens is 2. The highest BCUT2D eigenvalue weighted by molar-refractivity contribution is 14.1. The molecular weight excluding hydrogens is 532 g/mol. The highest BCUT2D eigenvalue weighted by Gasteiger charge is 2.46. The van der Waals surface area contributed by atoms with Crippen LogP contribution in [-0.2, 0) is 13.8 Å². The molecule has 0 spiro atoms. The lowest BCUT2D eigenvalue weighted by Gasteiger charge is -2.36. The van der Waals surface area contributed by atoms with Crippen molar-refractivity contribution < 1.29 is 34.0 Å². The second-order valence-electron chi connectivity index (χ2n) is 7.41. The number of nitrogen functional groups attached to an aromatic ring is 1. The van der Waals surface area contributed by atoms with Crippen molar-refractivity contribution in [2.45, 2.75) is 70.2 Å². The summed E-state index contributed by atoms with van der Waals surface area (Å²) in [6, 6.07) is 0. The maximum atomic E-state index is 12.5. The molecule has 6 N–H and O–H groups in total. The van der Waals surface area contributed by atoms with Gasteiger partial charge in [-0.2, -0.15) is 4.98 Å². The van der Waals surface area contributed by atoms with Gasteiger partial charge in [-0.25, -0.2) is 4.79 Å². The zero-order valence-corrected chi connectivity index (χ0v) is 20.5. The highest BCUT2D eigenvalue weighted by Crippen LogP contribution is 2.58. The molecule has 0 fully saturated rings. The van der Waals surface area contributed by atoms with Crippen LogP contribution in [0.15, 0.2) is 11.0 Å². The van der Waals surface area contributed by atoms with Crippen molar-refractivity contribution in [3.05, 3.63) is 20.3 Å². The predicted octanol–water partition coefficient (Wildman–Crippen LogP) is 1.18. The van der Waals surface area contributed by atoms with Crippen LogP contribution >= 0.6 is 30.2 Å². The maximum absolute atomic E-state index is 12.5. The van der Waals surface area contributed by atoms with Crippen LogP contribution in [0, 0.1) is 3.57 Å². The number of halogens is 1. The Kier molecular flexibility index (Phi) is 9.89. The Balaban J connectivity index is 3.01. The van der Waals surface area contributed by atoms with E-state index >= 15 is 0 Å². The molecule has 5 atom stereocenters. The van der Waals surface area contributed by atoms with E-state index in [9.17, 15) is 29.6 Å². The number of aliphatic hydroxyl groups excluding tert-OH is 2. The lowest BCUT2D eigenvalue weighted by molar-refractivity contribution is -0.110. The summed E-state index contributed by atoms with van der Waals surface area (Å²) in [5, 5.41) is 27.7. The number of hydrogen-bond donors (Lipinski definition) is 5. The average Bonchev–Trinajstić information content (AvgIpc) is 2.67. The molecule has 1 rings (SSSR count). The summed E-state index contributed by atoms with van der Waals surface area (Å²) in [5.41, 5.74) is 3.71. The first kappa shape index (κ1) is 27.4. The molecule has 1 aromatic rings. The van der Waals surface area contributed by atoms with Crippen molar-refractivity contribution in [1.82, 2.24) is 9.55 Å². The van der Waals surface area contributed by atoms with Gasteiger partial charge in [-0.1, -0.05) is 13.8 Å². The summed E-state index contributed by atoms with van der Waals surface area (Å²) in [6.45, 7) is 5.38. The lowest BCUT2D eigenvalue weighted by Crippen LogP contribution is -2.39. The van der Waals surface area contributed by atoms with Gasteiger partial charge in [-0.05, 0) is 49.3 Å². The Morgan fingerprint density at radius 2 is 1.97 bits per heavy atom. The zero-order chi connectivity index (χ0) is 23.3. The maximum Gasteiger partial charge on any atom is 0.359 e. The van der Waals surface area contributed by atoms with Crippen LogP contribution in [0.3, 0.4) is 0 Å². The van der Waals surface area contributed by atoms with Crippen LogP contribution in [0.1, 0.15) is 53.2 Å². The van der Waals surface area contributed by atoms with E-state index in [4.69, 9.17) is 15.0 Å². The second-order valence-corrected chi connectivity index (χ2v) is 10.8. The Hall–Kier alpha value is -0.600. The van der Waals surface area contributed by atoms with Crippen LogP contribution < -0.4 is 11.4 Å². The minimum atomic E-state index is -4.37. The molecule has 3 unspecified atom stereocenters. The van der Waals surface area contributed by atoms with E-state index in [1.165, 1.54) is 13.1 Å². The van der Waals surface area contributed by atoms with Gasteiger partial charge in [0.25, 0.3) is 0 Å². The van der Waals surface area contributed by atoms with Crippen LogP contribution in [0.4, 0.5) is 5.82 Å². The summed E-state index contributed by atoms with van der Waals surface area (Å²) >= 11 is 1.87. The van der Waals surface area contributed by atoms with Crippen LogP contribution in [-0.4, -0.2) is 60.0 Å². The average molecular weight is 563 g/mol. The van der Waals surface area contributed by atoms with Gasteiger partial charge in [0.05, 0.1) is 22.4 Å². The number of rotatable bonds is 12. The van der Waals surface area contributed by atoms with E-state index in [-0.39, 0.29) is 25.3 Å². The SMILES string of the molecule is CCC(C)(CCO[C@H]([C@H](O)CO)n1cc(I)c(N)nc1=O)OP(=O)(O)C(C)(O)CC. The Morgan fingerprint density at radius 3 is 2.47 bits per heavy atom. The molecule has 0 amide bonds. The largest absolute Gasteiger partial charge is 0.394 e. The lowest BCUT2D eigenvalue weighted by atomic mass is 10.0. The predicted molar refractivity (Wildman–Crippen MR) is 119 cm³/mol. The first-order valence-electron chi connectivity index (χ1n) is 9.44. The summed E-state index contributed by atoms with van der Waals surface area (Å²) in [5.74, 6) is 0.0303. The van der Waals surface area contributed by atoms with Gasteiger partial charge < -0.3 is 35.2 Å². The summed E-state index contributed by atoms with van der Waals surface area (Å²) in [4.78, 5) is 26.0. The first-order chi connectivity index (χ1) is 13.7. The fourth-order valence-corrected chi connectivity index (χ4v) is 4.22. The van der Waals surface area contributed by atoms with Crippen molar-refractivity contribution >= 4 is 36.0 Å². The summed E-state index contributed by atoms with van der Waals surface area (Å²) in [6.07, 6.45) is -0.878. The minimum absolute atomic E-state index is 0.0214. The van der Waals surface area contributed by atoms with E-state index < -0.39 is 43.2 Å². The summed E-state index contributed by atoms with van der Waals surface area (Å²) < 4.78 is 25.1. The molecule has 0 saturated heterocycles. The number of aliphatic hydroxyl groups is 3. The number of hydrogen-bond acceptors (Lipinski definition) is 9. The van der Waals surface area contributed by atoms with E-state index in [1.54, 1.807) is 20.8 Å². The number of nitrogens with two attached hydrogens (primary N) is 1. The van der Waals surface area contributed by atoms with E-state index in [0.29, 0.717) is 9.99 Å². The van der Waals surface area contributed by atoms with Gasteiger partial charge in [0.2, 0.25) is 0 Å². The molecule has 0 saturated carbocycles. The van der Waals surface area contributed by atoms with Gasteiger partial charge >= 0.3 is 13.3 Å². The number of nitrogens with zero attached hydrogens (tertiary/aromatic N) is 2. The Morgan fingerprint density at radius 1 is 1.37 bits per heavy atom. The van der Waals surface area contributed by atoms with E-state index in [2.05, 4.69) is 4.98 Å². The monoisotopic (exact) mass is 563 g/mol. The van der Waals surface area contributed by atoms with Crippen molar-refractivity contribution in [2.75, 3.05) is 18.9 Å². The molecule has 30 heavy (non-hydrogen) atoms. The quantitative estimate of drug-likeness (QED) is 0.183. The van der Waals surface area contributed by atoms with Crippen LogP contribution in [0.2, 0.25) is 0 Å². The Bertz CT molecular complexity index is 821. The molecule has 0 aliphatic rings. The van der Waals surface area contributed by atoms with Crippen molar-refractivity contribution in [3.8, 4) is 0 Å². The third-order valence-electron chi connectivity index (χ3n) is 5.01. The van der Waals surface area contributed by atoms with Gasteiger partial charge in [0.15, 0.2) is 11.6 Å². The van der Waals surface area contributed by atoms with Gasteiger partial charge in [0.1, 0.15) is 11.9 Å². The zero-order valence-electron chi connectivity index (χ0n) is 17.5. The normalized spacial score (nSPS) is 20.0. The number of ether oxygens (including phenoxy) is 1. The summed E-state index contributed by atoms with van der Waals surface area (Å²) in [7, 11) is -4.37. The van der Waals surface area contributed by atoms with Gasteiger partial charge in [0, 0.05) is 12.6 Å². The molecule has 0 aliphatic carbocycles. The topological polar surface area (TPSA) is 177 Å². The number of anilines is 1. The smallest absolute Gasteiger partial charge is 0.359 e. The highest BCUT2D eigenvalue weighted by atomic mass is 127. The van der Waals surface area contributed by atoms with Crippen molar-refractivity contribution in [1.29, 1.82) is 0 Å². The molecule has 13 heteroatoms. The van der Waals surface area contributed by atoms with Gasteiger partial charge in [-0.3, -0.25) is 9.13 Å². The van der Waals surface area contributed by atoms with Gasteiger partial charge in [-0.15, -0.1) is 0 Å². The molecule has 0 aromatic carbocycles. The third-order valence-corrected chi connectivity index (χ3v) is 8.07. The van der Waals surface area contributed by atoms with Crippen LogP contribution in [0.5, 0.6) is 0 Å².